The first-order valence-corrected chi connectivity index (χ1v) is 6.63. The second kappa shape index (κ2) is 6.61. The predicted octanol–water partition coefficient (Wildman–Crippen LogP) is 2.46. The van der Waals surface area contributed by atoms with Crippen LogP contribution >= 0.6 is 11.6 Å². The summed E-state index contributed by atoms with van der Waals surface area (Å²) in [5, 5.41) is 9.50. The quantitative estimate of drug-likeness (QED) is 0.788. The number of nitrogens with one attached hydrogen (secondary N) is 3. The summed E-state index contributed by atoms with van der Waals surface area (Å²) < 4.78 is 0. The average Bonchev–Trinajstić information content (AvgIpc) is 2.40. The van der Waals surface area contributed by atoms with Gasteiger partial charge in [-0.3, -0.25) is 0 Å². The minimum atomic E-state index is -0.200. The first-order valence-electron chi connectivity index (χ1n) is 6.26. The van der Waals surface area contributed by atoms with E-state index in [9.17, 15) is 4.79 Å². The van der Waals surface area contributed by atoms with Crippen molar-refractivity contribution in [3.8, 4) is 0 Å². The number of piperidine rings is 1. The Bertz CT molecular complexity index is 405. The lowest BCUT2D eigenvalue weighted by Crippen LogP contribution is -2.39. The van der Waals surface area contributed by atoms with Gasteiger partial charge in [0.2, 0.25) is 0 Å². The van der Waals surface area contributed by atoms with E-state index in [1.807, 2.05) is 12.1 Å². The molecule has 1 heterocycles. The number of amides is 2. The standard InChI is InChI=1S/C13H18ClN3O/c14-11-5-1-2-6-12(11)17-13(18)16-9-10-4-3-7-15-8-10/h1-2,5-6,10,15H,3-4,7-9H2,(H2,16,17,18). The lowest BCUT2D eigenvalue weighted by atomic mass is 10.00. The van der Waals surface area contributed by atoms with Gasteiger partial charge in [0, 0.05) is 6.54 Å². The maximum absolute atomic E-state index is 11.7. The van der Waals surface area contributed by atoms with Crippen LogP contribution in [0.25, 0.3) is 0 Å². The van der Waals surface area contributed by atoms with Crippen molar-refractivity contribution in [3.63, 3.8) is 0 Å². The summed E-state index contributed by atoms with van der Waals surface area (Å²) in [6.45, 7) is 2.76. The molecule has 0 aromatic heterocycles. The van der Waals surface area contributed by atoms with E-state index in [-0.39, 0.29) is 6.03 Å². The van der Waals surface area contributed by atoms with E-state index in [4.69, 9.17) is 11.6 Å². The van der Waals surface area contributed by atoms with Crippen molar-refractivity contribution < 1.29 is 4.79 Å². The fourth-order valence-electron chi connectivity index (χ4n) is 2.06. The molecule has 4 nitrogen and oxygen atoms in total. The molecule has 1 aliphatic rings. The Morgan fingerprint density at radius 1 is 1.44 bits per heavy atom. The molecule has 1 aromatic carbocycles. The van der Waals surface area contributed by atoms with Crippen LogP contribution in [0.3, 0.4) is 0 Å². The van der Waals surface area contributed by atoms with Crippen LogP contribution < -0.4 is 16.0 Å². The summed E-state index contributed by atoms with van der Waals surface area (Å²) in [6, 6.07) is 7.01. The average molecular weight is 268 g/mol. The molecule has 0 spiro atoms. The molecular weight excluding hydrogens is 250 g/mol. The van der Waals surface area contributed by atoms with Crippen molar-refractivity contribution in [2.24, 2.45) is 5.92 Å². The molecule has 0 saturated carbocycles. The minimum Gasteiger partial charge on any atom is -0.338 e. The number of para-hydroxylation sites is 1. The first kappa shape index (κ1) is 13.2. The van der Waals surface area contributed by atoms with E-state index in [1.54, 1.807) is 12.1 Å². The number of rotatable bonds is 3. The smallest absolute Gasteiger partial charge is 0.319 e. The Morgan fingerprint density at radius 2 is 2.28 bits per heavy atom. The van der Waals surface area contributed by atoms with Gasteiger partial charge in [0.1, 0.15) is 0 Å². The fraction of sp³-hybridized carbons (Fsp3) is 0.462. The van der Waals surface area contributed by atoms with Crippen LogP contribution in [0.2, 0.25) is 5.02 Å². The highest BCUT2D eigenvalue weighted by Gasteiger charge is 2.13. The summed E-state index contributed by atoms with van der Waals surface area (Å²) in [5.74, 6) is 0.524. The Morgan fingerprint density at radius 3 is 3.00 bits per heavy atom. The normalized spacial score (nSPS) is 19.3. The molecule has 1 aromatic rings. The zero-order valence-corrected chi connectivity index (χ0v) is 11.0. The molecule has 2 rings (SSSR count). The maximum Gasteiger partial charge on any atom is 0.319 e. The lowest BCUT2D eigenvalue weighted by Gasteiger charge is -2.22. The van der Waals surface area contributed by atoms with Gasteiger partial charge < -0.3 is 16.0 Å². The van der Waals surface area contributed by atoms with Crippen LogP contribution in [-0.4, -0.2) is 25.7 Å². The van der Waals surface area contributed by atoms with Crippen molar-refractivity contribution in [3.05, 3.63) is 29.3 Å². The number of hydrogen-bond donors (Lipinski definition) is 3. The molecule has 0 bridgehead atoms. The van der Waals surface area contributed by atoms with Gasteiger partial charge >= 0.3 is 6.03 Å². The van der Waals surface area contributed by atoms with Crippen molar-refractivity contribution in [2.45, 2.75) is 12.8 Å². The lowest BCUT2D eigenvalue weighted by molar-refractivity contribution is 0.248. The third kappa shape index (κ3) is 3.89. The van der Waals surface area contributed by atoms with Crippen LogP contribution in [-0.2, 0) is 0 Å². The number of carbonyl (C=O) groups excluding carboxylic acids is 1. The number of carbonyl (C=O) groups is 1. The van der Waals surface area contributed by atoms with Gasteiger partial charge in [0.05, 0.1) is 10.7 Å². The molecule has 0 aliphatic carbocycles. The van der Waals surface area contributed by atoms with Crippen molar-refractivity contribution in [1.82, 2.24) is 10.6 Å². The van der Waals surface area contributed by atoms with Crippen molar-refractivity contribution >= 4 is 23.3 Å². The maximum atomic E-state index is 11.7. The number of anilines is 1. The second-order valence-electron chi connectivity index (χ2n) is 4.53. The molecule has 1 atom stereocenters. The molecule has 98 valence electrons. The monoisotopic (exact) mass is 267 g/mol. The van der Waals surface area contributed by atoms with Gasteiger partial charge in [-0.2, -0.15) is 0 Å². The van der Waals surface area contributed by atoms with Crippen molar-refractivity contribution in [1.29, 1.82) is 0 Å². The van der Waals surface area contributed by atoms with Crippen molar-refractivity contribution in [2.75, 3.05) is 25.0 Å². The van der Waals surface area contributed by atoms with E-state index < -0.39 is 0 Å². The van der Waals surface area contributed by atoms with Gasteiger partial charge in [-0.25, -0.2) is 4.79 Å². The molecule has 1 fully saturated rings. The third-order valence-corrected chi connectivity index (χ3v) is 3.40. The molecule has 1 aliphatic heterocycles. The van der Waals surface area contributed by atoms with Gasteiger partial charge in [-0.05, 0) is 44.0 Å². The number of hydrogen-bond acceptors (Lipinski definition) is 2. The summed E-state index contributed by atoms with van der Waals surface area (Å²) in [4.78, 5) is 11.7. The Kier molecular flexibility index (Phi) is 4.84. The summed E-state index contributed by atoms with van der Waals surface area (Å²) in [6.07, 6.45) is 2.35. The number of halogens is 1. The summed E-state index contributed by atoms with van der Waals surface area (Å²) >= 11 is 5.96. The molecular formula is C13H18ClN3O. The predicted molar refractivity (Wildman–Crippen MR) is 74.1 cm³/mol. The molecule has 3 N–H and O–H groups in total. The van der Waals surface area contributed by atoms with Gasteiger partial charge in [-0.1, -0.05) is 23.7 Å². The topological polar surface area (TPSA) is 53.2 Å². The molecule has 18 heavy (non-hydrogen) atoms. The van der Waals surface area contributed by atoms with Crippen LogP contribution in [0.1, 0.15) is 12.8 Å². The van der Waals surface area contributed by atoms with E-state index in [0.29, 0.717) is 23.2 Å². The Balaban J connectivity index is 1.76. The van der Waals surface area contributed by atoms with E-state index in [0.717, 1.165) is 13.1 Å². The van der Waals surface area contributed by atoms with Crippen LogP contribution in [0, 0.1) is 5.92 Å². The van der Waals surface area contributed by atoms with Crippen LogP contribution in [0.15, 0.2) is 24.3 Å². The van der Waals surface area contributed by atoms with Gasteiger partial charge in [0.15, 0.2) is 0 Å². The highest BCUT2D eigenvalue weighted by atomic mass is 35.5. The molecule has 5 heteroatoms. The van der Waals surface area contributed by atoms with Gasteiger partial charge in [-0.15, -0.1) is 0 Å². The minimum absolute atomic E-state index is 0.200. The summed E-state index contributed by atoms with van der Waals surface area (Å²) in [7, 11) is 0. The molecule has 1 unspecified atom stereocenters. The van der Waals surface area contributed by atoms with Crippen LogP contribution in [0.4, 0.5) is 10.5 Å². The highest BCUT2D eigenvalue weighted by Crippen LogP contribution is 2.20. The SMILES string of the molecule is O=C(NCC1CCCNC1)Nc1ccccc1Cl. The molecule has 0 radical (unpaired) electrons. The molecule has 2 amide bonds. The third-order valence-electron chi connectivity index (χ3n) is 3.07. The van der Waals surface area contributed by atoms with E-state index >= 15 is 0 Å². The second-order valence-corrected chi connectivity index (χ2v) is 4.93. The Labute approximate surface area is 112 Å². The largest absolute Gasteiger partial charge is 0.338 e. The van der Waals surface area contributed by atoms with Gasteiger partial charge in [0.25, 0.3) is 0 Å². The summed E-state index contributed by atoms with van der Waals surface area (Å²) in [5.41, 5.74) is 0.637. The number of urea groups is 1. The first-order chi connectivity index (χ1) is 8.75. The zero-order valence-electron chi connectivity index (χ0n) is 10.2. The van der Waals surface area contributed by atoms with E-state index in [1.165, 1.54) is 12.8 Å². The van der Waals surface area contributed by atoms with E-state index in [2.05, 4.69) is 16.0 Å². The fourth-order valence-corrected chi connectivity index (χ4v) is 2.25. The number of benzene rings is 1. The molecule has 1 saturated heterocycles. The zero-order chi connectivity index (χ0) is 12.8. The van der Waals surface area contributed by atoms with Crippen LogP contribution in [0.5, 0.6) is 0 Å². The highest BCUT2D eigenvalue weighted by molar-refractivity contribution is 6.33. The Hall–Kier alpha value is -1.26.